The standard InChI is InChI=1S/C4H8N4O3/c5-3(6)8-4(11)7-1-2(9)10/h1H2,(H,9,10)(H5,5,6,7,8,11). The highest BCUT2D eigenvalue weighted by molar-refractivity contribution is 5.91. The first-order valence-electron chi connectivity index (χ1n) is 2.61. The molecule has 0 rings (SSSR count). The molecule has 62 valence electrons. The Bertz CT molecular complexity index is 196. The summed E-state index contributed by atoms with van der Waals surface area (Å²) in [6.07, 6.45) is 0. The number of aliphatic imine (C=N–C) groups is 1. The molecule has 0 aromatic rings. The number of hydrogen-bond donors (Lipinski definition) is 4. The zero-order valence-corrected chi connectivity index (χ0v) is 5.57. The van der Waals surface area contributed by atoms with Gasteiger partial charge in [0.15, 0.2) is 5.96 Å². The van der Waals surface area contributed by atoms with Gasteiger partial charge in [-0.3, -0.25) is 4.79 Å². The maximum atomic E-state index is 10.4. The van der Waals surface area contributed by atoms with Gasteiger partial charge in [-0.2, -0.15) is 4.99 Å². The monoisotopic (exact) mass is 160 g/mol. The number of nitrogens with zero attached hydrogens (tertiary/aromatic N) is 1. The van der Waals surface area contributed by atoms with Gasteiger partial charge in [0.2, 0.25) is 0 Å². The molecule has 0 atom stereocenters. The summed E-state index contributed by atoms with van der Waals surface area (Å²) in [6, 6.07) is -0.868. The molecule has 2 amide bonds. The Balaban J connectivity index is 3.71. The van der Waals surface area contributed by atoms with Crippen LogP contribution in [0, 0.1) is 0 Å². The van der Waals surface area contributed by atoms with Crippen LogP contribution in [0.1, 0.15) is 0 Å². The number of carboxylic acids is 1. The first kappa shape index (κ1) is 9.21. The molecule has 0 saturated carbocycles. The Hall–Kier alpha value is -1.79. The van der Waals surface area contributed by atoms with E-state index in [4.69, 9.17) is 16.6 Å². The number of rotatable bonds is 2. The van der Waals surface area contributed by atoms with Crippen LogP contribution in [0.3, 0.4) is 0 Å². The Morgan fingerprint density at radius 1 is 1.45 bits per heavy atom. The summed E-state index contributed by atoms with van der Waals surface area (Å²) in [7, 11) is 0. The first-order chi connectivity index (χ1) is 5.02. The van der Waals surface area contributed by atoms with Gasteiger partial charge in [-0.1, -0.05) is 0 Å². The maximum absolute atomic E-state index is 10.4. The second-order valence-electron chi connectivity index (χ2n) is 1.59. The summed E-state index contributed by atoms with van der Waals surface area (Å²) < 4.78 is 0. The summed E-state index contributed by atoms with van der Waals surface area (Å²) in [5.74, 6) is -1.57. The molecule has 0 aromatic heterocycles. The number of amides is 2. The average Bonchev–Trinajstić information content (AvgIpc) is 1.82. The zero-order valence-electron chi connectivity index (χ0n) is 5.57. The van der Waals surface area contributed by atoms with E-state index in [1.54, 1.807) is 0 Å². The van der Waals surface area contributed by atoms with Crippen LogP contribution >= 0.6 is 0 Å². The van der Waals surface area contributed by atoms with Crippen LogP contribution in [-0.4, -0.2) is 29.6 Å². The Kier molecular flexibility index (Phi) is 3.43. The van der Waals surface area contributed by atoms with Crippen LogP contribution < -0.4 is 16.8 Å². The van der Waals surface area contributed by atoms with Gasteiger partial charge in [-0.15, -0.1) is 0 Å². The molecule has 0 spiro atoms. The minimum absolute atomic E-state index is 0.409. The number of carboxylic acid groups (broad SMARTS) is 1. The predicted molar refractivity (Wildman–Crippen MR) is 36.8 cm³/mol. The first-order valence-corrected chi connectivity index (χ1v) is 2.61. The summed E-state index contributed by atoms with van der Waals surface area (Å²) in [4.78, 5) is 23.3. The maximum Gasteiger partial charge on any atom is 0.344 e. The fourth-order valence-electron chi connectivity index (χ4n) is 0.308. The van der Waals surface area contributed by atoms with Crippen molar-refractivity contribution in [2.75, 3.05) is 6.54 Å². The SMILES string of the molecule is NC(N)=NC(=O)NCC(=O)O. The van der Waals surface area contributed by atoms with Crippen LogP contribution in [0.4, 0.5) is 4.79 Å². The van der Waals surface area contributed by atoms with Crippen molar-refractivity contribution >= 4 is 18.0 Å². The fourth-order valence-corrected chi connectivity index (χ4v) is 0.308. The van der Waals surface area contributed by atoms with Gasteiger partial charge < -0.3 is 21.9 Å². The average molecular weight is 160 g/mol. The van der Waals surface area contributed by atoms with E-state index in [0.717, 1.165) is 0 Å². The van der Waals surface area contributed by atoms with Crippen molar-refractivity contribution in [2.24, 2.45) is 16.5 Å². The van der Waals surface area contributed by atoms with E-state index >= 15 is 0 Å². The van der Waals surface area contributed by atoms with E-state index in [2.05, 4.69) is 4.99 Å². The van der Waals surface area contributed by atoms with E-state index in [1.807, 2.05) is 5.32 Å². The molecule has 0 unspecified atom stereocenters. The molecule has 0 radical (unpaired) electrons. The highest BCUT2D eigenvalue weighted by atomic mass is 16.4. The van der Waals surface area contributed by atoms with Gasteiger partial charge in [0.05, 0.1) is 0 Å². The molecule has 0 bridgehead atoms. The molecule has 0 heterocycles. The highest BCUT2D eigenvalue weighted by Gasteiger charge is 2.00. The van der Waals surface area contributed by atoms with Gasteiger partial charge in [0, 0.05) is 0 Å². The van der Waals surface area contributed by atoms with E-state index in [1.165, 1.54) is 0 Å². The van der Waals surface area contributed by atoms with Crippen molar-refractivity contribution in [1.82, 2.24) is 5.32 Å². The molecular weight excluding hydrogens is 152 g/mol. The smallest absolute Gasteiger partial charge is 0.344 e. The lowest BCUT2D eigenvalue weighted by molar-refractivity contribution is -0.135. The number of nitrogens with one attached hydrogen (secondary N) is 1. The number of aliphatic carboxylic acids is 1. The van der Waals surface area contributed by atoms with Gasteiger partial charge in [0.1, 0.15) is 6.54 Å². The lowest BCUT2D eigenvalue weighted by atomic mass is 10.6. The van der Waals surface area contributed by atoms with Crippen molar-refractivity contribution in [3.63, 3.8) is 0 Å². The van der Waals surface area contributed by atoms with Crippen LogP contribution in [-0.2, 0) is 4.79 Å². The van der Waals surface area contributed by atoms with Crippen LogP contribution in [0.15, 0.2) is 4.99 Å². The van der Waals surface area contributed by atoms with Crippen molar-refractivity contribution < 1.29 is 14.7 Å². The van der Waals surface area contributed by atoms with E-state index < -0.39 is 24.5 Å². The lowest BCUT2D eigenvalue weighted by Gasteiger charge is -1.95. The van der Waals surface area contributed by atoms with Gasteiger partial charge in [0.25, 0.3) is 0 Å². The Morgan fingerprint density at radius 3 is 2.36 bits per heavy atom. The molecule has 0 fully saturated rings. The van der Waals surface area contributed by atoms with Gasteiger partial charge in [-0.25, -0.2) is 4.79 Å². The van der Waals surface area contributed by atoms with Crippen molar-refractivity contribution in [2.45, 2.75) is 0 Å². The molecule has 6 N–H and O–H groups in total. The summed E-state index contributed by atoms with van der Waals surface area (Å²) in [5, 5.41) is 10.00. The quantitative estimate of drug-likeness (QED) is 0.275. The molecule has 0 aliphatic rings. The minimum atomic E-state index is -1.16. The molecule has 0 aliphatic heterocycles. The predicted octanol–water partition coefficient (Wildman–Crippen LogP) is -1.95. The number of hydrogen-bond acceptors (Lipinski definition) is 2. The second-order valence-corrected chi connectivity index (χ2v) is 1.59. The highest BCUT2D eigenvalue weighted by Crippen LogP contribution is 1.71. The molecule has 0 saturated heterocycles. The number of carbonyl (C=O) groups is 2. The molecular formula is C4H8N4O3. The van der Waals surface area contributed by atoms with Gasteiger partial charge in [-0.05, 0) is 0 Å². The third-order valence-electron chi connectivity index (χ3n) is 0.621. The van der Waals surface area contributed by atoms with Crippen molar-refractivity contribution in [3.8, 4) is 0 Å². The van der Waals surface area contributed by atoms with E-state index in [0.29, 0.717) is 0 Å². The zero-order chi connectivity index (χ0) is 8.85. The second kappa shape index (κ2) is 4.09. The molecule has 7 nitrogen and oxygen atoms in total. The van der Waals surface area contributed by atoms with Crippen molar-refractivity contribution in [3.05, 3.63) is 0 Å². The summed E-state index contributed by atoms with van der Waals surface area (Å²) in [5.41, 5.74) is 9.64. The lowest BCUT2D eigenvalue weighted by Crippen LogP contribution is -2.31. The van der Waals surface area contributed by atoms with Crippen LogP contribution in [0.2, 0.25) is 0 Å². The van der Waals surface area contributed by atoms with Crippen LogP contribution in [0.25, 0.3) is 0 Å². The topological polar surface area (TPSA) is 131 Å². The van der Waals surface area contributed by atoms with E-state index in [-0.39, 0.29) is 0 Å². The molecule has 11 heavy (non-hydrogen) atoms. The number of carbonyl (C=O) groups excluding carboxylic acids is 1. The van der Waals surface area contributed by atoms with E-state index in [9.17, 15) is 9.59 Å². The Labute approximate surface area is 62.1 Å². The normalized spacial score (nSPS) is 8.36. The van der Waals surface area contributed by atoms with Gasteiger partial charge >= 0.3 is 12.0 Å². The third-order valence-corrected chi connectivity index (χ3v) is 0.621. The summed E-state index contributed by atoms with van der Waals surface area (Å²) >= 11 is 0. The molecule has 0 aromatic carbocycles. The molecule has 0 aliphatic carbocycles. The number of nitrogens with two attached hydrogens (primary N) is 2. The number of urea groups is 1. The number of guanidine groups is 1. The molecule has 7 heteroatoms. The minimum Gasteiger partial charge on any atom is -0.480 e. The largest absolute Gasteiger partial charge is 0.480 e. The van der Waals surface area contributed by atoms with Crippen LogP contribution in [0.5, 0.6) is 0 Å². The Morgan fingerprint density at radius 2 is 2.00 bits per heavy atom. The summed E-state index contributed by atoms with van der Waals surface area (Å²) in [6.45, 7) is -0.504. The fraction of sp³-hybridized carbons (Fsp3) is 0.250. The van der Waals surface area contributed by atoms with Crippen molar-refractivity contribution in [1.29, 1.82) is 0 Å². The third kappa shape index (κ3) is 6.09.